The molecule has 0 aromatic heterocycles. The van der Waals surface area contributed by atoms with Gasteiger partial charge in [-0.3, -0.25) is 0 Å². The van der Waals surface area contributed by atoms with Gasteiger partial charge in [-0.1, -0.05) is 6.42 Å². The third kappa shape index (κ3) is 4.84. The van der Waals surface area contributed by atoms with E-state index in [9.17, 15) is 13.2 Å². The van der Waals surface area contributed by atoms with E-state index in [1.165, 1.54) is 0 Å². The quantitative estimate of drug-likeness (QED) is 0.701. The van der Waals surface area contributed by atoms with Crippen LogP contribution >= 0.6 is 0 Å². The summed E-state index contributed by atoms with van der Waals surface area (Å²) in [5.41, 5.74) is 5.58. The minimum Gasteiger partial charge on any atom is -0.330 e. The van der Waals surface area contributed by atoms with E-state index >= 15 is 0 Å². The normalized spacial score (nSPS) is 27.2. The molecule has 0 amide bonds. The monoisotopic (exact) mass is 224 g/mol. The summed E-state index contributed by atoms with van der Waals surface area (Å²) in [6, 6.07) is 0.336. The molecule has 1 rings (SSSR count). The smallest absolute Gasteiger partial charge is 0.330 e. The van der Waals surface area contributed by atoms with Crippen molar-refractivity contribution in [2.45, 2.75) is 44.3 Å². The maximum Gasteiger partial charge on any atom is 0.389 e. The molecule has 3 N–H and O–H groups in total. The molecule has 2 unspecified atom stereocenters. The Morgan fingerprint density at radius 1 is 1.27 bits per heavy atom. The van der Waals surface area contributed by atoms with Crippen LogP contribution in [0.5, 0.6) is 0 Å². The summed E-state index contributed by atoms with van der Waals surface area (Å²) in [7, 11) is 0. The van der Waals surface area contributed by atoms with Crippen LogP contribution in [-0.4, -0.2) is 25.3 Å². The van der Waals surface area contributed by atoms with Gasteiger partial charge in [0.05, 0.1) is 0 Å². The first-order valence-electron chi connectivity index (χ1n) is 5.53. The highest BCUT2D eigenvalue weighted by Gasteiger charge is 2.28. The fourth-order valence-corrected chi connectivity index (χ4v) is 2.16. The second-order valence-electron chi connectivity index (χ2n) is 4.21. The predicted octanol–water partition coefficient (Wildman–Crippen LogP) is 2.05. The fourth-order valence-electron chi connectivity index (χ4n) is 2.16. The first kappa shape index (κ1) is 12.8. The van der Waals surface area contributed by atoms with Crippen LogP contribution in [0.3, 0.4) is 0 Å². The van der Waals surface area contributed by atoms with Crippen molar-refractivity contribution in [2.75, 3.05) is 13.1 Å². The Balaban J connectivity index is 2.09. The molecule has 1 saturated carbocycles. The van der Waals surface area contributed by atoms with Gasteiger partial charge in [0.2, 0.25) is 0 Å². The SMILES string of the molecule is NCC1CCCC1NCCCC(F)(F)F. The maximum atomic E-state index is 11.9. The number of hydrogen-bond donors (Lipinski definition) is 2. The Bertz CT molecular complexity index is 182. The minimum atomic E-state index is -4.02. The highest BCUT2D eigenvalue weighted by molar-refractivity contribution is 4.83. The van der Waals surface area contributed by atoms with Gasteiger partial charge in [-0.25, -0.2) is 0 Å². The zero-order valence-corrected chi connectivity index (χ0v) is 8.82. The molecule has 0 aliphatic heterocycles. The molecular formula is C10H19F3N2. The predicted molar refractivity (Wildman–Crippen MR) is 53.5 cm³/mol. The molecule has 5 heteroatoms. The summed E-state index contributed by atoms with van der Waals surface area (Å²) >= 11 is 0. The van der Waals surface area contributed by atoms with E-state index in [-0.39, 0.29) is 6.42 Å². The summed E-state index contributed by atoms with van der Waals surface area (Å²) in [5.74, 6) is 0.455. The molecule has 90 valence electrons. The molecule has 0 radical (unpaired) electrons. The van der Waals surface area contributed by atoms with Crippen molar-refractivity contribution in [2.24, 2.45) is 11.7 Å². The standard InChI is InChI=1S/C10H19F3N2/c11-10(12,13)5-2-6-15-9-4-1-3-8(9)7-14/h8-9,15H,1-7,14H2. The Labute approximate surface area is 88.4 Å². The Morgan fingerprint density at radius 2 is 2.00 bits per heavy atom. The van der Waals surface area contributed by atoms with Crippen molar-refractivity contribution < 1.29 is 13.2 Å². The summed E-state index contributed by atoms with van der Waals surface area (Å²) in [5, 5.41) is 3.18. The second kappa shape index (κ2) is 5.70. The zero-order chi connectivity index (χ0) is 11.3. The number of rotatable bonds is 5. The molecular weight excluding hydrogens is 205 g/mol. The van der Waals surface area contributed by atoms with Crippen molar-refractivity contribution in [1.29, 1.82) is 0 Å². The molecule has 0 spiro atoms. The third-order valence-electron chi connectivity index (χ3n) is 3.01. The van der Waals surface area contributed by atoms with Crippen molar-refractivity contribution in [3.8, 4) is 0 Å². The molecule has 2 nitrogen and oxygen atoms in total. The lowest BCUT2D eigenvalue weighted by Crippen LogP contribution is -2.36. The number of nitrogens with one attached hydrogen (secondary N) is 1. The van der Waals surface area contributed by atoms with Gasteiger partial charge in [0, 0.05) is 12.5 Å². The van der Waals surface area contributed by atoms with Crippen LogP contribution in [-0.2, 0) is 0 Å². The third-order valence-corrected chi connectivity index (χ3v) is 3.01. The van der Waals surface area contributed by atoms with E-state index < -0.39 is 12.6 Å². The van der Waals surface area contributed by atoms with Crippen LogP contribution < -0.4 is 11.1 Å². The molecule has 2 atom stereocenters. The highest BCUT2D eigenvalue weighted by Crippen LogP contribution is 2.25. The molecule has 0 aromatic rings. The summed E-state index contributed by atoms with van der Waals surface area (Å²) in [6.45, 7) is 1.08. The van der Waals surface area contributed by atoms with Crippen LogP contribution in [0, 0.1) is 5.92 Å². The number of halogens is 3. The van der Waals surface area contributed by atoms with E-state index in [1.54, 1.807) is 0 Å². The Kier molecular flexibility index (Phi) is 4.86. The number of hydrogen-bond acceptors (Lipinski definition) is 2. The van der Waals surface area contributed by atoms with Gasteiger partial charge in [-0.15, -0.1) is 0 Å². The van der Waals surface area contributed by atoms with E-state index in [1.807, 2.05) is 0 Å². The maximum absolute atomic E-state index is 11.9. The molecule has 0 saturated heterocycles. The van der Waals surface area contributed by atoms with Gasteiger partial charge in [-0.05, 0) is 38.3 Å². The van der Waals surface area contributed by atoms with E-state index in [2.05, 4.69) is 5.32 Å². The molecule has 0 aromatic carbocycles. The van der Waals surface area contributed by atoms with Crippen LogP contribution in [0.2, 0.25) is 0 Å². The van der Waals surface area contributed by atoms with Crippen molar-refractivity contribution in [1.82, 2.24) is 5.32 Å². The Hall–Kier alpha value is -0.290. The van der Waals surface area contributed by atoms with E-state index in [0.717, 1.165) is 19.3 Å². The lowest BCUT2D eigenvalue weighted by Gasteiger charge is -2.19. The van der Waals surface area contributed by atoms with Crippen LogP contribution in [0.25, 0.3) is 0 Å². The molecule has 0 bridgehead atoms. The Morgan fingerprint density at radius 3 is 2.60 bits per heavy atom. The number of nitrogens with two attached hydrogens (primary N) is 1. The van der Waals surface area contributed by atoms with Crippen LogP contribution in [0.1, 0.15) is 32.1 Å². The van der Waals surface area contributed by atoms with E-state index in [4.69, 9.17) is 5.73 Å². The van der Waals surface area contributed by atoms with E-state index in [0.29, 0.717) is 25.0 Å². The first-order valence-corrected chi connectivity index (χ1v) is 5.53. The lowest BCUT2D eigenvalue weighted by atomic mass is 10.0. The second-order valence-corrected chi connectivity index (χ2v) is 4.21. The average molecular weight is 224 g/mol. The number of alkyl halides is 3. The van der Waals surface area contributed by atoms with Gasteiger partial charge in [0.15, 0.2) is 0 Å². The highest BCUT2D eigenvalue weighted by atomic mass is 19.4. The molecule has 1 aliphatic carbocycles. The van der Waals surface area contributed by atoms with Crippen molar-refractivity contribution >= 4 is 0 Å². The lowest BCUT2D eigenvalue weighted by molar-refractivity contribution is -0.135. The van der Waals surface area contributed by atoms with Gasteiger partial charge in [0.1, 0.15) is 0 Å². The van der Waals surface area contributed by atoms with Gasteiger partial charge < -0.3 is 11.1 Å². The van der Waals surface area contributed by atoms with Gasteiger partial charge in [-0.2, -0.15) is 13.2 Å². The van der Waals surface area contributed by atoms with Gasteiger partial charge in [0.25, 0.3) is 0 Å². The molecule has 1 aliphatic rings. The van der Waals surface area contributed by atoms with Crippen LogP contribution in [0.15, 0.2) is 0 Å². The molecule has 0 heterocycles. The summed E-state index contributed by atoms with van der Waals surface area (Å²) in [6.07, 6.45) is -1.26. The van der Waals surface area contributed by atoms with Crippen LogP contribution in [0.4, 0.5) is 13.2 Å². The summed E-state index contributed by atoms with van der Waals surface area (Å²) in [4.78, 5) is 0. The topological polar surface area (TPSA) is 38.0 Å². The van der Waals surface area contributed by atoms with Crippen molar-refractivity contribution in [3.05, 3.63) is 0 Å². The van der Waals surface area contributed by atoms with Gasteiger partial charge >= 0.3 is 6.18 Å². The molecule has 1 fully saturated rings. The fraction of sp³-hybridized carbons (Fsp3) is 1.00. The molecule has 15 heavy (non-hydrogen) atoms. The largest absolute Gasteiger partial charge is 0.389 e. The first-order chi connectivity index (χ1) is 7.03. The zero-order valence-electron chi connectivity index (χ0n) is 8.82. The summed E-state index contributed by atoms with van der Waals surface area (Å²) < 4.78 is 35.6. The average Bonchev–Trinajstić information content (AvgIpc) is 2.58. The van der Waals surface area contributed by atoms with Crippen molar-refractivity contribution in [3.63, 3.8) is 0 Å². The minimum absolute atomic E-state index is 0.164.